The molecule has 1 aliphatic heterocycles. The zero-order valence-electron chi connectivity index (χ0n) is 14.9. The fourth-order valence-electron chi connectivity index (χ4n) is 3.39. The van der Waals surface area contributed by atoms with Crippen molar-refractivity contribution in [3.63, 3.8) is 0 Å². The lowest BCUT2D eigenvalue weighted by Gasteiger charge is -2.39. The quantitative estimate of drug-likeness (QED) is 0.753. The Morgan fingerprint density at radius 1 is 1.19 bits per heavy atom. The van der Waals surface area contributed by atoms with Gasteiger partial charge in [0.25, 0.3) is 0 Å². The topological polar surface area (TPSA) is 56.6 Å². The molecule has 0 aromatic heterocycles. The lowest BCUT2D eigenvalue weighted by Crippen LogP contribution is -2.49. The van der Waals surface area contributed by atoms with Gasteiger partial charge >= 0.3 is 5.97 Å². The molecule has 1 heterocycles. The molecular weight excluding hydrogens is 369 g/mol. The molecule has 0 saturated carbocycles. The molecule has 5 nitrogen and oxygen atoms in total. The minimum absolute atomic E-state index is 0.0431. The number of halogens is 2. The van der Waals surface area contributed by atoms with E-state index in [9.17, 15) is 14.4 Å². The molecule has 0 aliphatic carbocycles. The third-order valence-corrected chi connectivity index (χ3v) is 5.09. The number of rotatable bonds is 4. The van der Waals surface area contributed by atoms with Crippen LogP contribution in [-0.2, 0) is 9.53 Å². The molecule has 0 radical (unpaired) electrons. The van der Waals surface area contributed by atoms with E-state index >= 15 is 0 Å². The number of esters is 1. The predicted molar refractivity (Wildman–Crippen MR) is 101 cm³/mol. The molecule has 3 rings (SSSR count). The van der Waals surface area contributed by atoms with Gasteiger partial charge in [-0.05, 0) is 23.8 Å². The van der Waals surface area contributed by atoms with E-state index in [2.05, 4.69) is 0 Å². The third kappa shape index (κ3) is 3.90. The second-order valence-corrected chi connectivity index (χ2v) is 6.62. The number of anilines is 1. The van der Waals surface area contributed by atoms with E-state index in [1.54, 1.807) is 18.2 Å². The van der Waals surface area contributed by atoms with Gasteiger partial charge in [0, 0.05) is 31.2 Å². The average molecular weight is 388 g/mol. The third-order valence-electron chi connectivity index (χ3n) is 4.75. The average Bonchev–Trinajstić information content (AvgIpc) is 2.69. The van der Waals surface area contributed by atoms with Gasteiger partial charge in [-0.25, -0.2) is 9.18 Å². The molecule has 140 valence electrons. The lowest BCUT2D eigenvalue weighted by molar-refractivity contribution is -0.147. The van der Waals surface area contributed by atoms with Crippen LogP contribution >= 0.6 is 11.6 Å². The molecule has 27 heavy (non-hydrogen) atoms. The zero-order chi connectivity index (χ0) is 19.4. The van der Waals surface area contributed by atoms with Crippen LogP contribution in [0.3, 0.4) is 0 Å². The molecular formula is C20H19ClFN3O2. The number of nitriles is 1. The largest absolute Gasteiger partial charge is 0.468 e. The number of benzene rings is 2. The van der Waals surface area contributed by atoms with Crippen molar-refractivity contribution in [3.8, 4) is 6.07 Å². The Morgan fingerprint density at radius 2 is 1.89 bits per heavy atom. The van der Waals surface area contributed by atoms with Crippen LogP contribution in [0.25, 0.3) is 0 Å². The molecule has 1 atom stereocenters. The molecule has 1 saturated heterocycles. The predicted octanol–water partition coefficient (Wildman–Crippen LogP) is 3.39. The summed E-state index contributed by atoms with van der Waals surface area (Å²) in [6.07, 6.45) is 0. The van der Waals surface area contributed by atoms with Gasteiger partial charge in [0.05, 0.1) is 12.8 Å². The van der Waals surface area contributed by atoms with Crippen LogP contribution in [-0.4, -0.2) is 44.2 Å². The van der Waals surface area contributed by atoms with Crippen molar-refractivity contribution in [2.75, 3.05) is 38.2 Å². The van der Waals surface area contributed by atoms with Gasteiger partial charge in [0.15, 0.2) is 0 Å². The monoisotopic (exact) mass is 387 g/mol. The van der Waals surface area contributed by atoms with Crippen LogP contribution in [0.1, 0.15) is 17.2 Å². The summed E-state index contributed by atoms with van der Waals surface area (Å²) >= 11 is 6.30. The Morgan fingerprint density at radius 3 is 2.52 bits per heavy atom. The molecule has 1 fully saturated rings. The van der Waals surface area contributed by atoms with Crippen molar-refractivity contribution in [1.29, 1.82) is 5.26 Å². The number of methoxy groups -OCH3 is 1. The SMILES string of the molecule is COC(=O)C(c1ccccc1Cl)N1CCN(c2cccc(F)c2C#N)CC1. The molecule has 2 aromatic rings. The number of hydrogen-bond acceptors (Lipinski definition) is 5. The van der Waals surface area contributed by atoms with Crippen LogP contribution in [0.2, 0.25) is 5.02 Å². The van der Waals surface area contributed by atoms with E-state index in [0.717, 1.165) is 0 Å². The smallest absolute Gasteiger partial charge is 0.327 e. The van der Waals surface area contributed by atoms with E-state index < -0.39 is 11.9 Å². The van der Waals surface area contributed by atoms with Crippen LogP contribution in [0.15, 0.2) is 42.5 Å². The summed E-state index contributed by atoms with van der Waals surface area (Å²) in [6, 6.07) is 13.2. The molecule has 2 aromatic carbocycles. The second-order valence-electron chi connectivity index (χ2n) is 6.22. The number of piperazine rings is 1. The number of carbonyl (C=O) groups is 1. The van der Waals surface area contributed by atoms with Crippen molar-refractivity contribution in [2.45, 2.75) is 6.04 Å². The Hall–Kier alpha value is -2.62. The minimum Gasteiger partial charge on any atom is -0.468 e. The van der Waals surface area contributed by atoms with Crippen molar-refractivity contribution >= 4 is 23.3 Å². The Kier molecular flexibility index (Phi) is 5.94. The summed E-state index contributed by atoms with van der Waals surface area (Å²) in [5.74, 6) is -0.902. The summed E-state index contributed by atoms with van der Waals surface area (Å²) in [5, 5.41) is 9.76. The Bertz CT molecular complexity index is 876. The number of nitrogens with zero attached hydrogens (tertiary/aromatic N) is 3. The number of ether oxygens (including phenoxy) is 1. The van der Waals surface area contributed by atoms with Crippen LogP contribution in [0.4, 0.5) is 10.1 Å². The van der Waals surface area contributed by atoms with Crippen molar-refractivity contribution in [1.82, 2.24) is 4.90 Å². The maximum Gasteiger partial charge on any atom is 0.327 e. The molecule has 0 N–H and O–H groups in total. The summed E-state index contributed by atoms with van der Waals surface area (Å²) in [6.45, 7) is 2.20. The fraction of sp³-hybridized carbons (Fsp3) is 0.300. The fourth-order valence-corrected chi connectivity index (χ4v) is 3.63. The second kappa shape index (κ2) is 8.38. The normalized spacial score (nSPS) is 15.9. The van der Waals surface area contributed by atoms with Crippen molar-refractivity contribution < 1.29 is 13.9 Å². The molecule has 0 spiro atoms. The van der Waals surface area contributed by atoms with Crippen LogP contribution in [0, 0.1) is 17.1 Å². The van der Waals surface area contributed by atoms with E-state index in [0.29, 0.717) is 42.5 Å². The Balaban J connectivity index is 1.81. The Labute approximate surface area is 162 Å². The molecule has 1 unspecified atom stereocenters. The van der Waals surface area contributed by atoms with E-state index in [-0.39, 0.29) is 11.5 Å². The van der Waals surface area contributed by atoms with Gasteiger partial charge in [-0.1, -0.05) is 35.9 Å². The first kappa shape index (κ1) is 19.2. The highest BCUT2D eigenvalue weighted by atomic mass is 35.5. The van der Waals surface area contributed by atoms with Gasteiger partial charge in [-0.15, -0.1) is 0 Å². The first-order valence-corrected chi connectivity index (χ1v) is 8.94. The zero-order valence-corrected chi connectivity index (χ0v) is 15.6. The van der Waals surface area contributed by atoms with Crippen molar-refractivity contribution in [3.05, 3.63) is 64.4 Å². The van der Waals surface area contributed by atoms with E-state index in [1.807, 2.05) is 34.1 Å². The van der Waals surface area contributed by atoms with Gasteiger partial charge in [0.1, 0.15) is 23.5 Å². The maximum absolute atomic E-state index is 13.9. The molecule has 7 heteroatoms. The van der Waals surface area contributed by atoms with Gasteiger partial charge in [0.2, 0.25) is 0 Å². The molecule has 1 aliphatic rings. The highest BCUT2D eigenvalue weighted by Crippen LogP contribution is 2.31. The first-order chi connectivity index (χ1) is 13.1. The first-order valence-electron chi connectivity index (χ1n) is 8.56. The standard InChI is InChI=1S/C20H19ClFN3O2/c1-27-20(26)19(14-5-2-3-6-16(14)21)25-11-9-24(10-12-25)18-8-4-7-17(22)15(18)13-23/h2-8,19H,9-12H2,1H3. The van der Waals surface area contributed by atoms with Gasteiger partial charge in [-0.3, -0.25) is 4.90 Å². The minimum atomic E-state index is -0.603. The summed E-state index contributed by atoms with van der Waals surface area (Å²) in [5.41, 5.74) is 1.31. The van der Waals surface area contributed by atoms with E-state index in [1.165, 1.54) is 13.2 Å². The van der Waals surface area contributed by atoms with Gasteiger partial charge < -0.3 is 9.64 Å². The summed E-state index contributed by atoms with van der Waals surface area (Å²) < 4.78 is 18.9. The molecule has 0 amide bonds. The summed E-state index contributed by atoms with van der Waals surface area (Å²) in [4.78, 5) is 16.4. The van der Waals surface area contributed by atoms with Crippen LogP contribution in [0.5, 0.6) is 0 Å². The van der Waals surface area contributed by atoms with Crippen LogP contribution < -0.4 is 4.90 Å². The lowest BCUT2D eigenvalue weighted by atomic mass is 10.0. The maximum atomic E-state index is 13.9. The number of hydrogen-bond donors (Lipinski definition) is 0. The van der Waals surface area contributed by atoms with Crippen molar-refractivity contribution in [2.24, 2.45) is 0 Å². The molecule has 0 bridgehead atoms. The van der Waals surface area contributed by atoms with E-state index in [4.69, 9.17) is 16.3 Å². The van der Waals surface area contributed by atoms with Gasteiger partial charge in [-0.2, -0.15) is 5.26 Å². The highest BCUT2D eigenvalue weighted by molar-refractivity contribution is 6.31. The number of carbonyl (C=O) groups excluding carboxylic acids is 1. The summed E-state index contributed by atoms with van der Waals surface area (Å²) in [7, 11) is 1.36. The highest BCUT2D eigenvalue weighted by Gasteiger charge is 2.33.